The van der Waals surface area contributed by atoms with Crippen molar-refractivity contribution in [3.05, 3.63) is 24.4 Å². The van der Waals surface area contributed by atoms with E-state index in [1.54, 1.807) is 20.4 Å². The largest absolute Gasteiger partial charge is 0.496 e. The minimum Gasteiger partial charge on any atom is -0.496 e. The molecule has 0 amide bonds. The first-order valence-electron chi connectivity index (χ1n) is 7.60. The molecule has 0 aliphatic heterocycles. The van der Waals surface area contributed by atoms with Crippen LogP contribution in [0.3, 0.4) is 0 Å². The van der Waals surface area contributed by atoms with E-state index in [2.05, 4.69) is 9.97 Å². The van der Waals surface area contributed by atoms with Crippen LogP contribution in [-0.2, 0) is 0 Å². The van der Waals surface area contributed by atoms with Gasteiger partial charge in [-0.05, 0) is 24.8 Å². The first kappa shape index (κ1) is 14.0. The van der Waals surface area contributed by atoms with Crippen molar-refractivity contribution in [3.63, 3.8) is 0 Å². The van der Waals surface area contributed by atoms with Gasteiger partial charge < -0.3 is 23.6 Å². The summed E-state index contributed by atoms with van der Waals surface area (Å²) in [6, 6.07) is 5.67. The molecule has 2 heterocycles. The maximum Gasteiger partial charge on any atom is 0.211 e. The molecule has 0 unspecified atom stereocenters. The van der Waals surface area contributed by atoms with Crippen molar-refractivity contribution in [1.29, 1.82) is 0 Å². The molecule has 0 saturated heterocycles. The Morgan fingerprint density at radius 2 is 2.09 bits per heavy atom. The van der Waals surface area contributed by atoms with E-state index in [9.17, 15) is 0 Å². The molecule has 120 valence electrons. The second-order valence-corrected chi connectivity index (χ2v) is 5.70. The molecular formula is C17H18N2O4. The van der Waals surface area contributed by atoms with Gasteiger partial charge in [-0.15, -0.1) is 0 Å². The molecule has 23 heavy (non-hydrogen) atoms. The number of aromatic amines is 1. The SMILES string of the molecule is COc1cc(OCC2CC2)c2cc(-c3ncc(OC)[nH]3)oc2c1. The van der Waals surface area contributed by atoms with Crippen molar-refractivity contribution in [2.24, 2.45) is 5.92 Å². The smallest absolute Gasteiger partial charge is 0.211 e. The molecule has 1 saturated carbocycles. The van der Waals surface area contributed by atoms with E-state index in [1.165, 1.54) is 12.8 Å². The van der Waals surface area contributed by atoms with E-state index in [-0.39, 0.29) is 0 Å². The lowest BCUT2D eigenvalue weighted by Gasteiger charge is -2.08. The zero-order valence-electron chi connectivity index (χ0n) is 13.1. The third-order valence-electron chi connectivity index (χ3n) is 3.99. The molecule has 1 N–H and O–H groups in total. The summed E-state index contributed by atoms with van der Waals surface area (Å²) in [6.07, 6.45) is 4.11. The number of nitrogens with one attached hydrogen (secondary N) is 1. The summed E-state index contributed by atoms with van der Waals surface area (Å²) < 4.78 is 22.3. The molecule has 0 spiro atoms. The Kier molecular flexibility index (Phi) is 3.37. The summed E-state index contributed by atoms with van der Waals surface area (Å²) in [5, 5.41) is 0.914. The number of benzene rings is 1. The third kappa shape index (κ3) is 2.72. The lowest BCUT2D eigenvalue weighted by molar-refractivity contribution is 0.301. The Labute approximate surface area is 133 Å². The zero-order chi connectivity index (χ0) is 15.8. The van der Waals surface area contributed by atoms with Crippen LogP contribution in [-0.4, -0.2) is 30.8 Å². The van der Waals surface area contributed by atoms with Crippen LogP contribution in [0.5, 0.6) is 17.4 Å². The number of nitrogens with zero attached hydrogens (tertiary/aromatic N) is 1. The minimum atomic E-state index is 0.586. The maximum absolute atomic E-state index is 5.97. The van der Waals surface area contributed by atoms with Gasteiger partial charge in [-0.1, -0.05) is 0 Å². The molecule has 0 radical (unpaired) electrons. The third-order valence-corrected chi connectivity index (χ3v) is 3.99. The quantitative estimate of drug-likeness (QED) is 0.752. The van der Waals surface area contributed by atoms with Gasteiger partial charge in [0.05, 0.1) is 32.4 Å². The van der Waals surface area contributed by atoms with Gasteiger partial charge in [0.2, 0.25) is 5.88 Å². The van der Waals surface area contributed by atoms with Gasteiger partial charge >= 0.3 is 0 Å². The van der Waals surface area contributed by atoms with Gasteiger partial charge in [0, 0.05) is 12.1 Å². The van der Waals surface area contributed by atoms with Crippen molar-refractivity contribution in [2.75, 3.05) is 20.8 Å². The van der Waals surface area contributed by atoms with Crippen molar-refractivity contribution in [2.45, 2.75) is 12.8 Å². The minimum absolute atomic E-state index is 0.586. The molecular weight excluding hydrogens is 296 g/mol. The van der Waals surface area contributed by atoms with Crippen molar-refractivity contribution >= 4 is 11.0 Å². The summed E-state index contributed by atoms with van der Waals surface area (Å²) in [5.41, 5.74) is 0.709. The van der Waals surface area contributed by atoms with Gasteiger partial charge in [-0.3, -0.25) is 0 Å². The summed E-state index contributed by atoms with van der Waals surface area (Å²) >= 11 is 0. The van der Waals surface area contributed by atoms with Crippen LogP contribution >= 0.6 is 0 Å². The number of methoxy groups -OCH3 is 2. The fraction of sp³-hybridized carbons (Fsp3) is 0.353. The van der Waals surface area contributed by atoms with Gasteiger partial charge in [0.25, 0.3) is 0 Å². The molecule has 6 nitrogen and oxygen atoms in total. The predicted octanol–water partition coefficient (Wildman–Crippen LogP) is 3.63. The van der Waals surface area contributed by atoms with E-state index < -0.39 is 0 Å². The monoisotopic (exact) mass is 314 g/mol. The van der Waals surface area contributed by atoms with Crippen LogP contribution in [0.25, 0.3) is 22.6 Å². The highest BCUT2D eigenvalue weighted by Gasteiger charge is 2.23. The summed E-state index contributed by atoms with van der Waals surface area (Å²) in [7, 11) is 3.22. The molecule has 1 fully saturated rings. The topological polar surface area (TPSA) is 69.5 Å². The predicted molar refractivity (Wildman–Crippen MR) is 85.1 cm³/mol. The Morgan fingerprint density at radius 3 is 2.78 bits per heavy atom. The molecule has 6 heteroatoms. The lowest BCUT2D eigenvalue weighted by Crippen LogP contribution is -1.99. The highest BCUT2D eigenvalue weighted by atomic mass is 16.5. The average Bonchev–Trinajstić information content (AvgIpc) is 3.11. The van der Waals surface area contributed by atoms with E-state index in [0.29, 0.717) is 34.7 Å². The number of rotatable bonds is 6. The summed E-state index contributed by atoms with van der Waals surface area (Å²) in [5.74, 6) is 4.00. The average molecular weight is 314 g/mol. The molecule has 0 bridgehead atoms. The van der Waals surface area contributed by atoms with Gasteiger partial charge in [0.1, 0.15) is 17.1 Å². The number of H-pyrrole nitrogens is 1. The van der Waals surface area contributed by atoms with Crippen molar-refractivity contribution < 1.29 is 18.6 Å². The highest BCUT2D eigenvalue weighted by Crippen LogP contribution is 2.38. The van der Waals surface area contributed by atoms with Gasteiger partial charge in [-0.25, -0.2) is 4.98 Å². The first-order valence-corrected chi connectivity index (χ1v) is 7.60. The standard InChI is InChI=1S/C17H18N2O4/c1-20-11-5-13(22-9-10-3-4-10)12-7-15(23-14(12)6-11)17-18-8-16(19-17)21-2/h5-8,10H,3-4,9H2,1-2H3,(H,18,19). The second kappa shape index (κ2) is 5.53. The molecule has 3 aromatic rings. The molecule has 1 aliphatic carbocycles. The molecule has 2 aromatic heterocycles. The first-order chi connectivity index (χ1) is 11.3. The number of hydrogen-bond donors (Lipinski definition) is 1. The fourth-order valence-corrected chi connectivity index (χ4v) is 2.46. The summed E-state index contributed by atoms with van der Waals surface area (Å²) in [4.78, 5) is 7.31. The van der Waals surface area contributed by atoms with E-state index in [0.717, 1.165) is 17.7 Å². The van der Waals surface area contributed by atoms with Crippen molar-refractivity contribution in [3.8, 4) is 29.0 Å². The number of hydrogen-bond acceptors (Lipinski definition) is 5. The molecule has 1 aliphatic rings. The zero-order valence-corrected chi connectivity index (χ0v) is 13.1. The van der Waals surface area contributed by atoms with E-state index >= 15 is 0 Å². The second-order valence-electron chi connectivity index (χ2n) is 5.70. The Bertz CT molecular complexity index is 832. The van der Waals surface area contributed by atoms with Crippen LogP contribution in [0, 0.1) is 5.92 Å². The van der Waals surface area contributed by atoms with Crippen LogP contribution in [0.2, 0.25) is 0 Å². The van der Waals surface area contributed by atoms with Crippen molar-refractivity contribution in [1.82, 2.24) is 9.97 Å². The van der Waals surface area contributed by atoms with Crippen LogP contribution in [0.15, 0.2) is 28.8 Å². The lowest BCUT2D eigenvalue weighted by atomic mass is 10.2. The van der Waals surface area contributed by atoms with Crippen LogP contribution < -0.4 is 14.2 Å². The molecule has 0 atom stereocenters. The van der Waals surface area contributed by atoms with Gasteiger partial charge in [-0.2, -0.15) is 0 Å². The molecule has 1 aromatic carbocycles. The highest BCUT2D eigenvalue weighted by molar-refractivity contribution is 5.89. The van der Waals surface area contributed by atoms with Crippen LogP contribution in [0.1, 0.15) is 12.8 Å². The Balaban J connectivity index is 1.74. The van der Waals surface area contributed by atoms with E-state index in [4.69, 9.17) is 18.6 Å². The Hall–Kier alpha value is -2.63. The van der Waals surface area contributed by atoms with E-state index in [1.807, 2.05) is 18.2 Å². The number of aromatic nitrogens is 2. The number of ether oxygens (including phenoxy) is 3. The number of fused-ring (bicyclic) bond motifs is 1. The Morgan fingerprint density at radius 1 is 1.22 bits per heavy atom. The van der Waals surface area contributed by atoms with Crippen LogP contribution in [0.4, 0.5) is 0 Å². The fourth-order valence-electron chi connectivity index (χ4n) is 2.46. The maximum atomic E-state index is 5.97. The normalized spacial score (nSPS) is 14.2. The number of imidazole rings is 1. The van der Waals surface area contributed by atoms with Gasteiger partial charge in [0.15, 0.2) is 11.6 Å². The number of furan rings is 1. The molecule has 4 rings (SSSR count). The summed E-state index contributed by atoms with van der Waals surface area (Å²) in [6.45, 7) is 0.733.